The molecule has 0 unspecified atom stereocenters. The maximum Gasteiger partial charge on any atom is 0.263 e. The second kappa shape index (κ2) is 8.82. The summed E-state index contributed by atoms with van der Waals surface area (Å²) in [6.07, 6.45) is 4.58. The summed E-state index contributed by atoms with van der Waals surface area (Å²) in [7, 11) is 0. The van der Waals surface area contributed by atoms with E-state index >= 15 is 0 Å². The van der Waals surface area contributed by atoms with E-state index in [1.54, 1.807) is 18.0 Å². The summed E-state index contributed by atoms with van der Waals surface area (Å²) in [6.45, 7) is 0.706. The Kier molecular flexibility index (Phi) is 7.28. The van der Waals surface area contributed by atoms with Crippen LogP contribution in [0.4, 0.5) is 0 Å². The van der Waals surface area contributed by atoms with Gasteiger partial charge in [0, 0.05) is 24.2 Å². The smallest absolute Gasteiger partial charge is 0.263 e. The van der Waals surface area contributed by atoms with Crippen molar-refractivity contribution in [3.8, 4) is 0 Å². The highest BCUT2D eigenvalue weighted by Gasteiger charge is 2.00. The van der Waals surface area contributed by atoms with Crippen molar-refractivity contribution in [2.24, 2.45) is 0 Å². The summed E-state index contributed by atoms with van der Waals surface area (Å²) in [6, 6.07) is 5.84. The van der Waals surface area contributed by atoms with Crippen molar-refractivity contribution < 1.29 is 4.92 Å². The molecule has 1 rings (SSSR count). The fourth-order valence-corrected chi connectivity index (χ4v) is 2.38. The fourth-order valence-electron chi connectivity index (χ4n) is 1.17. The van der Waals surface area contributed by atoms with Gasteiger partial charge in [-0.25, -0.2) is 0 Å². The zero-order valence-electron chi connectivity index (χ0n) is 10.0. The molecule has 0 aromatic carbocycles. The molecule has 0 aliphatic carbocycles. The van der Waals surface area contributed by atoms with E-state index in [1.165, 1.54) is 11.8 Å². The molecule has 98 valence electrons. The predicted octanol–water partition coefficient (Wildman–Crippen LogP) is 2.34. The largest absolute Gasteiger partial charge is 0.374 e. The molecule has 1 aromatic rings. The lowest BCUT2D eigenvalue weighted by molar-refractivity contribution is -0.403. The van der Waals surface area contributed by atoms with Crippen molar-refractivity contribution in [1.29, 1.82) is 0 Å². The number of pyridine rings is 1. The monoisotopic (exact) mass is 285 g/mol. The number of nitrogens with one attached hydrogen (secondary N) is 1. The van der Waals surface area contributed by atoms with Crippen LogP contribution in [0.1, 0.15) is 5.69 Å². The van der Waals surface area contributed by atoms with Gasteiger partial charge in [0.25, 0.3) is 6.20 Å². The van der Waals surface area contributed by atoms with Crippen molar-refractivity contribution >= 4 is 23.5 Å². The molecular formula is C11H15N3O2S2. The minimum atomic E-state index is -0.445. The molecule has 0 radical (unpaired) electrons. The van der Waals surface area contributed by atoms with Crippen LogP contribution in [0.2, 0.25) is 0 Å². The van der Waals surface area contributed by atoms with E-state index < -0.39 is 4.92 Å². The average molecular weight is 285 g/mol. The normalized spacial score (nSPS) is 11.3. The van der Waals surface area contributed by atoms with Crippen LogP contribution in [0.5, 0.6) is 0 Å². The number of hydrogen-bond acceptors (Lipinski definition) is 6. The van der Waals surface area contributed by atoms with E-state index in [1.807, 2.05) is 24.5 Å². The summed E-state index contributed by atoms with van der Waals surface area (Å²) >= 11 is 3.09. The highest BCUT2D eigenvalue weighted by molar-refractivity contribution is 8.02. The second-order valence-electron chi connectivity index (χ2n) is 3.28. The van der Waals surface area contributed by atoms with Crippen LogP contribution in [0, 0.1) is 10.1 Å². The van der Waals surface area contributed by atoms with Gasteiger partial charge in [0.15, 0.2) is 0 Å². The third-order valence-corrected chi connectivity index (χ3v) is 3.65. The van der Waals surface area contributed by atoms with Gasteiger partial charge in [-0.05, 0) is 18.4 Å². The molecule has 0 aliphatic rings. The maximum atomic E-state index is 10.3. The van der Waals surface area contributed by atoms with Gasteiger partial charge in [0.05, 0.1) is 10.6 Å². The highest BCUT2D eigenvalue weighted by atomic mass is 32.2. The second-order valence-corrected chi connectivity index (χ2v) is 5.24. The molecule has 1 aromatic heterocycles. The molecule has 5 nitrogen and oxygen atoms in total. The quantitative estimate of drug-likeness (QED) is 0.449. The molecule has 0 spiro atoms. The zero-order chi connectivity index (χ0) is 13.2. The molecule has 0 aliphatic heterocycles. The third kappa shape index (κ3) is 6.51. The maximum absolute atomic E-state index is 10.3. The summed E-state index contributed by atoms with van der Waals surface area (Å²) in [4.78, 5) is 14.1. The van der Waals surface area contributed by atoms with Crippen molar-refractivity contribution in [2.75, 3.05) is 18.6 Å². The predicted molar refractivity (Wildman–Crippen MR) is 77.0 cm³/mol. The van der Waals surface area contributed by atoms with Gasteiger partial charge in [-0.15, -0.1) is 11.8 Å². The first kappa shape index (κ1) is 14.8. The van der Waals surface area contributed by atoms with E-state index in [4.69, 9.17) is 0 Å². The minimum absolute atomic E-state index is 0.445. The Balaban J connectivity index is 2.17. The number of rotatable bonds is 8. The standard InChI is InChI=1S/C11H15N3O2S2/c1-17-11(8-14(15)16)13-6-7-18-9-10-4-2-3-5-12-10/h2-5,8,13H,6-7,9H2,1H3/b11-8+. The van der Waals surface area contributed by atoms with Gasteiger partial charge in [0.1, 0.15) is 5.03 Å². The van der Waals surface area contributed by atoms with Crippen LogP contribution in [0.3, 0.4) is 0 Å². The van der Waals surface area contributed by atoms with E-state index in [0.29, 0.717) is 11.6 Å². The Bertz CT molecular complexity index is 399. The molecule has 1 heterocycles. The Morgan fingerprint density at radius 2 is 2.44 bits per heavy atom. The highest BCUT2D eigenvalue weighted by Crippen LogP contribution is 2.10. The van der Waals surface area contributed by atoms with Crippen LogP contribution in [0.15, 0.2) is 35.6 Å². The van der Waals surface area contributed by atoms with Crippen LogP contribution >= 0.6 is 23.5 Å². The van der Waals surface area contributed by atoms with E-state index in [-0.39, 0.29) is 0 Å². The number of nitrogens with zero attached hydrogens (tertiary/aromatic N) is 2. The van der Waals surface area contributed by atoms with Crippen LogP contribution < -0.4 is 5.32 Å². The van der Waals surface area contributed by atoms with Gasteiger partial charge in [-0.1, -0.05) is 6.07 Å². The summed E-state index contributed by atoms with van der Waals surface area (Å²) in [5, 5.41) is 13.9. The number of thioether (sulfide) groups is 2. The molecule has 7 heteroatoms. The van der Waals surface area contributed by atoms with Crippen molar-refractivity contribution in [3.05, 3.63) is 51.4 Å². The fraction of sp³-hybridized carbons (Fsp3) is 0.364. The molecular weight excluding hydrogens is 270 g/mol. The van der Waals surface area contributed by atoms with E-state index in [0.717, 1.165) is 23.4 Å². The van der Waals surface area contributed by atoms with Crippen molar-refractivity contribution in [3.63, 3.8) is 0 Å². The number of hydrogen-bond donors (Lipinski definition) is 1. The van der Waals surface area contributed by atoms with Gasteiger partial charge in [-0.3, -0.25) is 15.1 Å². The molecule has 18 heavy (non-hydrogen) atoms. The first-order valence-corrected chi connectivity index (χ1v) is 7.71. The lowest BCUT2D eigenvalue weighted by atomic mass is 10.4. The molecule has 0 amide bonds. The lowest BCUT2D eigenvalue weighted by Gasteiger charge is -2.05. The molecule has 1 N–H and O–H groups in total. The van der Waals surface area contributed by atoms with Crippen LogP contribution in [0.25, 0.3) is 0 Å². The van der Waals surface area contributed by atoms with Crippen LogP contribution in [-0.2, 0) is 5.75 Å². The first-order chi connectivity index (χ1) is 8.72. The van der Waals surface area contributed by atoms with Gasteiger partial charge >= 0.3 is 0 Å². The van der Waals surface area contributed by atoms with E-state index in [2.05, 4.69) is 10.3 Å². The summed E-state index contributed by atoms with van der Waals surface area (Å²) < 4.78 is 0. The molecule has 0 atom stereocenters. The lowest BCUT2D eigenvalue weighted by Crippen LogP contribution is -2.15. The summed E-state index contributed by atoms with van der Waals surface area (Å²) in [5.41, 5.74) is 1.05. The van der Waals surface area contributed by atoms with E-state index in [9.17, 15) is 10.1 Å². The Morgan fingerprint density at radius 3 is 3.06 bits per heavy atom. The minimum Gasteiger partial charge on any atom is -0.374 e. The van der Waals surface area contributed by atoms with Crippen molar-refractivity contribution in [2.45, 2.75) is 5.75 Å². The molecule has 0 saturated carbocycles. The first-order valence-electron chi connectivity index (χ1n) is 5.33. The number of nitro groups is 1. The van der Waals surface area contributed by atoms with Crippen LogP contribution in [-0.4, -0.2) is 28.5 Å². The third-order valence-electron chi connectivity index (χ3n) is 1.96. The average Bonchev–Trinajstić information content (AvgIpc) is 2.37. The molecule has 0 bridgehead atoms. The van der Waals surface area contributed by atoms with Gasteiger partial charge < -0.3 is 5.32 Å². The Hall–Kier alpha value is -1.21. The topological polar surface area (TPSA) is 68.1 Å². The molecule has 0 fully saturated rings. The van der Waals surface area contributed by atoms with Gasteiger partial charge in [-0.2, -0.15) is 11.8 Å². The van der Waals surface area contributed by atoms with Gasteiger partial charge in [0.2, 0.25) is 0 Å². The van der Waals surface area contributed by atoms with Crippen molar-refractivity contribution in [1.82, 2.24) is 10.3 Å². The SMILES string of the molecule is CS/C(=C/[N+](=O)[O-])NCCSCc1ccccn1. The Labute approximate surface area is 115 Å². The molecule has 0 saturated heterocycles. The number of aromatic nitrogens is 1. The zero-order valence-corrected chi connectivity index (χ0v) is 11.7. The Morgan fingerprint density at radius 1 is 1.61 bits per heavy atom. The summed E-state index contributed by atoms with van der Waals surface area (Å²) in [5.74, 6) is 1.74.